The maximum absolute atomic E-state index is 6.00. The van der Waals surface area contributed by atoms with Gasteiger partial charge in [0.1, 0.15) is 5.75 Å². The highest BCUT2D eigenvalue weighted by Gasteiger charge is 2.21. The predicted molar refractivity (Wildman–Crippen MR) is 87.2 cm³/mol. The Kier molecular flexibility index (Phi) is 6.05. The molecule has 1 aromatic rings. The summed E-state index contributed by atoms with van der Waals surface area (Å²) in [5.41, 5.74) is 2.48. The van der Waals surface area contributed by atoms with Crippen molar-refractivity contribution in [2.24, 2.45) is 0 Å². The zero-order chi connectivity index (χ0) is 13.7. The van der Waals surface area contributed by atoms with Gasteiger partial charge in [-0.15, -0.1) is 0 Å². The number of rotatable bonds is 8. The number of benzene rings is 1. The summed E-state index contributed by atoms with van der Waals surface area (Å²) < 4.78 is 7.13. The van der Waals surface area contributed by atoms with E-state index in [-0.39, 0.29) is 0 Å². The van der Waals surface area contributed by atoms with E-state index in [2.05, 4.69) is 47.2 Å². The lowest BCUT2D eigenvalue weighted by molar-refractivity contribution is 0.336. The minimum Gasteiger partial charge on any atom is -0.492 e. The number of nitrogens with one attached hydrogen (secondary N) is 1. The van der Waals surface area contributed by atoms with Crippen molar-refractivity contribution < 1.29 is 4.74 Å². The van der Waals surface area contributed by atoms with Gasteiger partial charge in [0, 0.05) is 28.4 Å². The second-order valence-corrected chi connectivity index (χ2v) is 7.22. The molecule has 0 aliphatic heterocycles. The zero-order valence-corrected chi connectivity index (χ0v) is 14.1. The number of hydrogen-bond acceptors (Lipinski definition) is 3. The summed E-state index contributed by atoms with van der Waals surface area (Å²) in [6.07, 6.45) is 2.63. The molecule has 1 N–H and O–H groups in total. The Morgan fingerprint density at radius 1 is 1.42 bits per heavy atom. The molecule has 1 aliphatic carbocycles. The fourth-order valence-electron chi connectivity index (χ4n) is 2.03. The molecule has 4 heteroatoms. The third-order valence-electron chi connectivity index (χ3n) is 3.15. The fourth-order valence-corrected chi connectivity index (χ4v) is 3.14. The van der Waals surface area contributed by atoms with Crippen molar-refractivity contribution in [3.8, 4) is 5.75 Å². The van der Waals surface area contributed by atoms with Crippen LogP contribution in [0.15, 0.2) is 16.6 Å². The Morgan fingerprint density at radius 3 is 2.89 bits per heavy atom. The first-order valence-electron chi connectivity index (χ1n) is 6.93. The highest BCUT2D eigenvalue weighted by atomic mass is 79.9. The van der Waals surface area contributed by atoms with Crippen molar-refractivity contribution in [3.63, 3.8) is 0 Å². The summed E-state index contributed by atoms with van der Waals surface area (Å²) in [4.78, 5) is 0. The summed E-state index contributed by atoms with van der Waals surface area (Å²) in [6.45, 7) is 5.99. The first-order valence-corrected chi connectivity index (χ1v) is 8.88. The maximum atomic E-state index is 6.00. The Morgan fingerprint density at radius 2 is 2.21 bits per heavy atom. The smallest absolute Gasteiger partial charge is 0.126 e. The van der Waals surface area contributed by atoms with E-state index < -0.39 is 0 Å². The molecule has 1 aliphatic rings. The van der Waals surface area contributed by atoms with E-state index in [1.54, 1.807) is 0 Å². The minimum absolute atomic E-state index is 0.725. The third-order valence-corrected chi connectivity index (χ3v) is 4.47. The van der Waals surface area contributed by atoms with Gasteiger partial charge in [0.25, 0.3) is 0 Å². The van der Waals surface area contributed by atoms with Gasteiger partial charge in [-0.2, -0.15) is 11.8 Å². The molecule has 0 unspecified atom stereocenters. The number of thioether (sulfide) groups is 1. The van der Waals surface area contributed by atoms with E-state index in [0.717, 1.165) is 40.9 Å². The van der Waals surface area contributed by atoms with Gasteiger partial charge in [0.05, 0.1) is 6.61 Å². The Hall–Kier alpha value is -0.190. The Balaban J connectivity index is 1.99. The van der Waals surface area contributed by atoms with Crippen LogP contribution in [-0.4, -0.2) is 24.2 Å². The second kappa shape index (κ2) is 7.55. The summed E-state index contributed by atoms with van der Waals surface area (Å²) in [5.74, 6) is 3.27. The van der Waals surface area contributed by atoms with Crippen molar-refractivity contribution >= 4 is 27.7 Å². The largest absolute Gasteiger partial charge is 0.492 e. The average molecular weight is 344 g/mol. The van der Waals surface area contributed by atoms with Gasteiger partial charge in [-0.05, 0) is 43.2 Å². The number of aryl methyl sites for hydroxylation is 1. The van der Waals surface area contributed by atoms with E-state index in [4.69, 9.17) is 4.74 Å². The molecule has 0 amide bonds. The van der Waals surface area contributed by atoms with E-state index in [0.29, 0.717) is 0 Å². The molecule has 0 atom stereocenters. The van der Waals surface area contributed by atoms with Crippen molar-refractivity contribution in [1.82, 2.24) is 5.32 Å². The quantitative estimate of drug-likeness (QED) is 0.716. The molecule has 0 heterocycles. The average Bonchev–Trinajstić information content (AvgIpc) is 3.18. The molecule has 0 radical (unpaired) electrons. The summed E-state index contributed by atoms with van der Waals surface area (Å²) >= 11 is 5.50. The molecule has 2 rings (SSSR count). The molecular formula is C15H22BrNOS. The summed E-state index contributed by atoms with van der Waals surface area (Å²) in [5, 5.41) is 3.56. The van der Waals surface area contributed by atoms with Crippen molar-refractivity contribution in [2.75, 3.05) is 18.1 Å². The van der Waals surface area contributed by atoms with Crippen LogP contribution in [0.5, 0.6) is 5.75 Å². The fraction of sp³-hybridized carbons (Fsp3) is 0.600. The zero-order valence-electron chi connectivity index (χ0n) is 11.7. The van der Waals surface area contributed by atoms with Crippen LogP contribution in [0.4, 0.5) is 0 Å². The van der Waals surface area contributed by atoms with Gasteiger partial charge >= 0.3 is 0 Å². The second-order valence-electron chi connectivity index (χ2n) is 4.91. The normalized spacial score (nSPS) is 14.7. The monoisotopic (exact) mass is 343 g/mol. The van der Waals surface area contributed by atoms with Crippen LogP contribution in [0.25, 0.3) is 0 Å². The van der Waals surface area contributed by atoms with Crippen molar-refractivity contribution in [1.29, 1.82) is 0 Å². The lowest BCUT2D eigenvalue weighted by atomic mass is 10.1. The van der Waals surface area contributed by atoms with E-state index in [1.165, 1.54) is 24.0 Å². The highest BCUT2D eigenvalue weighted by molar-refractivity contribution is 9.10. The molecule has 1 aromatic carbocycles. The lowest BCUT2D eigenvalue weighted by Gasteiger charge is -2.15. The third kappa shape index (κ3) is 5.01. The van der Waals surface area contributed by atoms with Gasteiger partial charge in [-0.1, -0.05) is 22.9 Å². The topological polar surface area (TPSA) is 21.3 Å². The van der Waals surface area contributed by atoms with Crippen LogP contribution in [0, 0.1) is 6.92 Å². The molecule has 0 aromatic heterocycles. The number of hydrogen-bond donors (Lipinski definition) is 1. The molecular weight excluding hydrogens is 322 g/mol. The molecule has 0 saturated heterocycles. The summed E-state index contributed by atoms with van der Waals surface area (Å²) in [7, 11) is 0. The van der Waals surface area contributed by atoms with E-state index in [9.17, 15) is 0 Å². The SMILES string of the molecule is CCSCCOc1c(C)cc(Br)cc1CNC1CC1. The van der Waals surface area contributed by atoms with E-state index in [1.807, 2.05) is 11.8 Å². The molecule has 0 spiro atoms. The molecule has 1 fully saturated rings. The predicted octanol–water partition coefficient (Wildman–Crippen LogP) is 4.14. The van der Waals surface area contributed by atoms with Gasteiger partial charge in [-0.25, -0.2) is 0 Å². The number of ether oxygens (including phenoxy) is 1. The van der Waals surface area contributed by atoms with Crippen LogP contribution in [0.3, 0.4) is 0 Å². The van der Waals surface area contributed by atoms with E-state index >= 15 is 0 Å². The van der Waals surface area contributed by atoms with Crippen LogP contribution < -0.4 is 10.1 Å². The maximum Gasteiger partial charge on any atom is 0.126 e. The molecule has 106 valence electrons. The standard InChI is InChI=1S/C15H22BrNOS/c1-3-19-7-6-18-15-11(2)8-13(16)9-12(15)10-17-14-4-5-14/h8-9,14,17H,3-7,10H2,1-2H3. The van der Waals surface area contributed by atoms with Gasteiger partial charge < -0.3 is 10.1 Å². The molecule has 1 saturated carbocycles. The van der Waals surface area contributed by atoms with Gasteiger partial charge in [-0.3, -0.25) is 0 Å². The minimum atomic E-state index is 0.725. The number of halogens is 1. The van der Waals surface area contributed by atoms with Crippen LogP contribution >= 0.6 is 27.7 Å². The van der Waals surface area contributed by atoms with Crippen LogP contribution in [0.1, 0.15) is 30.9 Å². The van der Waals surface area contributed by atoms with Crippen LogP contribution in [-0.2, 0) is 6.54 Å². The molecule has 2 nitrogen and oxygen atoms in total. The van der Waals surface area contributed by atoms with Gasteiger partial charge in [0.15, 0.2) is 0 Å². The molecule has 19 heavy (non-hydrogen) atoms. The highest BCUT2D eigenvalue weighted by Crippen LogP contribution is 2.29. The van der Waals surface area contributed by atoms with Crippen molar-refractivity contribution in [3.05, 3.63) is 27.7 Å². The first kappa shape index (κ1) is 15.2. The van der Waals surface area contributed by atoms with Crippen molar-refractivity contribution in [2.45, 2.75) is 39.3 Å². The Bertz CT molecular complexity index is 421. The van der Waals surface area contributed by atoms with Crippen LogP contribution in [0.2, 0.25) is 0 Å². The first-order chi connectivity index (χ1) is 9.20. The van der Waals surface area contributed by atoms with Gasteiger partial charge in [0.2, 0.25) is 0 Å². The Labute approximate surface area is 128 Å². The lowest BCUT2D eigenvalue weighted by Crippen LogP contribution is -2.17. The molecule has 0 bridgehead atoms. The summed E-state index contributed by atoms with van der Waals surface area (Å²) in [6, 6.07) is 5.02.